The zero-order valence-corrected chi connectivity index (χ0v) is 10.9. The number of nitrogens with zero attached hydrogens (tertiary/aromatic N) is 2. The van der Waals surface area contributed by atoms with Gasteiger partial charge in [0.25, 0.3) is 0 Å². The topological polar surface area (TPSA) is 90.0 Å². The van der Waals surface area contributed by atoms with Crippen LogP contribution in [-0.4, -0.2) is 35.3 Å². The highest BCUT2D eigenvalue weighted by Gasteiger charge is 2.05. The number of aryl methyl sites for hydroxylation is 1. The average Bonchev–Trinajstić information content (AvgIpc) is 2.32. The fourth-order valence-corrected chi connectivity index (χ4v) is 1.35. The van der Waals surface area contributed by atoms with Crippen molar-refractivity contribution in [3.8, 4) is 5.88 Å². The second kappa shape index (κ2) is 6.80. The molecule has 0 spiro atoms. The first-order valence-electron chi connectivity index (χ1n) is 5.74. The summed E-state index contributed by atoms with van der Waals surface area (Å²) in [6.07, 6.45) is 0.173. The zero-order chi connectivity index (χ0) is 13.5. The van der Waals surface area contributed by atoms with E-state index in [0.29, 0.717) is 24.7 Å². The Bertz CT molecular complexity index is 419. The maximum atomic E-state index is 8.63. The molecule has 0 saturated carbocycles. The summed E-state index contributed by atoms with van der Waals surface area (Å²) in [4.78, 5) is 4.20. The van der Waals surface area contributed by atoms with Crippen LogP contribution in [0.5, 0.6) is 5.88 Å². The predicted octanol–water partition coefficient (Wildman–Crippen LogP) is 1.29. The van der Waals surface area contributed by atoms with Gasteiger partial charge in [-0.3, -0.25) is 0 Å². The Morgan fingerprint density at radius 1 is 1.44 bits per heavy atom. The minimum Gasteiger partial charge on any atom is -0.475 e. The molecular weight excluding hydrogens is 234 g/mol. The molecule has 0 aliphatic rings. The highest BCUT2D eigenvalue weighted by molar-refractivity contribution is 5.97. The van der Waals surface area contributed by atoms with E-state index >= 15 is 0 Å². The van der Waals surface area contributed by atoms with Crippen LogP contribution in [0.2, 0.25) is 0 Å². The molecule has 0 unspecified atom stereocenters. The van der Waals surface area contributed by atoms with Gasteiger partial charge in [0.05, 0.1) is 12.7 Å². The lowest BCUT2D eigenvalue weighted by Gasteiger charge is -2.10. The van der Waals surface area contributed by atoms with Gasteiger partial charge in [-0.2, -0.15) is 0 Å². The van der Waals surface area contributed by atoms with Gasteiger partial charge >= 0.3 is 0 Å². The van der Waals surface area contributed by atoms with Crippen molar-refractivity contribution in [2.24, 2.45) is 10.9 Å². The largest absolute Gasteiger partial charge is 0.475 e. The monoisotopic (exact) mass is 253 g/mol. The van der Waals surface area contributed by atoms with Crippen LogP contribution in [0, 0.1) is 6.92 Å². The molecule has 100 valence electrons. The van der Waals surface area contributed by atoms with Crippen LogP contribution in [0.3, 0.4) is 0 Å². The number of ether oxygens (including phenoxy) is 2. The van der Waals surface area contributed by atoms with E-state index in [4.69, 9.17) is 20.4 Å². The zero-order valence-electron chi connectivity index (χ0n) is 10.9. The predicted molar refractivity (Wildman–Crippen MR) is 68.1 cm³/mol. The molecule has 0 atom stereocenters. The minimum atomic E-state index is 0.0313. The van der Waals surface area contributed by atoms with Crippen molar-refractivity contribution in [2.75, 3.05) is 13.2 Å². The van der Waals surface area contributed by atoms with E-state index in [-0.39, 0.29) is 11.9 Å². The van der Waals surface area contributed by atoms with Crippen molar-refractivity contribution in [3.05, 3.63) is 23.4 Å². The van der Waals surface area contributed by atoms with Crippen LogP contribution in [0.1, 0.15) is 25.1 Å². The van der Waals surface area contributed by atoms with Gasteiger partial charge in [0, 0.05) is 17.3 Å². The summed E-state index contributed by atoms with van der Waals surface area (Å²) in [7, 11) is 0. The minimum absolute atomic E-state index is 0.0313. The number of pyridine rings is 1. The summed E-state index contributed by atoms with van der Waals surface area (Å²) in [6.45, 7) is 6.63. The Hall–Kier alpha value is -1.82. The Morgan fingerprint density at radius 2 is 2.17 bits per heavy atom. The average molecular weight is 253 g/mol. The van der Waals surface area contributed by atoms with Crippen LogP contribution in [0.25, 0.3) is 0 Å². The fraction of sp³-hybridized carbons (Fsp3) is 0.500. The normalized spacial score (nSPS) is 11.9. The number of oxime groups is 1. The molecule has 0 aliphatic heterocycles. The van der Waals surface area contributed by atoms with Gasteiger partial charge in [0.15, 0.2) is 5.84 Å². The molecule has 1 aromatic heterocycles. The van der Waals surface area contributed by atoms with E-state index in [1.807, 2.05) is 20.8 Å². The molecular formula is C12H19N3O3. The van der Waals surface area contributed by atoms with E-state index in [1.165, 1.54) is 0 Å². The first-order valence-corrected chi connectivity index (χ1v) is 5.74. The van der Waals surface area contributed by atoms with E-state index in [0.717, 1.165) is 5.69 Å². The summed E-state index contributed by atoms with van der Waals surface area (Å²) in [5, 5.41) is 11.6. The molecule has 6 heteroatoms. The van der Waals surface area contributed by atoms with Crippen LogP contribution in [-0.2, 0) is 4.74 Å². The Kier molecular flexibility index (Phi) is 5.38. The number of rotatable bonds is 6. The molecule has 0 bridgehead atoms. The van der Waals surface area contributed by atoms with Crippen molar-refractivity contribution in [1.29, 1.82) is 0 Å². The first-order chi connectivity index (χ1) is 8.52. The number of nitrogens with two attached hydrogens (primary N) is 1. The summed E-state index contributed by atoms with van der Waals surface area (Å²) in [5.41, 5.74) is 6.83. The smallest absolute Gasteiger partial charge is 0.214 e. The van der Waals surface area contributed by atoms with Gasteiger partial charge in [-0.15, -0.1) is 0 Å². The standard InChI is InChI=1S/C12H19N3O3/c1-8(2)17-4-5-18-11-7-10(12(13)15-16)6-9(3)14-11/h6-8,16H,4-5H2,1-3H3,(H2,13,15). The molecule has 1 heterocycles. The van der Waals surface area contributed by atoms with E-state index in [2.05, 4.69) is 10.1 Å². The van der Waals surface area contributed by atoms with Crippen LogP contribution in [0.15, 0.2) is 17.3 Å². The third-order valence-corrected chi connectivity index (χ3v) is 2.12. The lowest BCUT2D eigenvalue weighted by atomic mass is 10.2. The SMILES string of the molecule is Cc1cc(/C(N)=N/O)cc(OCCOC(C)C)n1. The van der Waals surface area contributed by atoms with Crippen molar-refractivity contribution < 1.29 is 14.7 Å². The second-order valence-electron chi connectivity index (χ2n) is 4.09. The molecule has 1 rings (SSSR count). The van der Waals surface area contributed by atoms with Crippen LogP contribution >= 0.6 is 0 Å². The molecule has 0 aliphatic carbocycles. The second-order valence-corrected chi connectivity index (χ2v) is 4.09. The van der Waals surface area contributed by atoms with E-state index < -0.39 is 0 Å². The third-order valence-electron chi connectivity index (χ3n) is 2.12. The molecule has 0 radical (unpaired) electrons. The van der Waals surface area contributed by atoms with Gasteiger partial charge in [0.1, 0.15) is 6.61 Å². The highest BCUT2D eigenvalue weighted by Crippen LogP contribution is 2.12. The lowest BCUT2D eigenvalue weighted by Crippen LogP contribution is -2.15. The van der Waals surface area contributed by atoms with Gasteiger partial charge < -0.3 is 20.4 Å². The molecule has 0 saturated heterocycles. The number of amidine groups is 1. The Balaban J connectivity index is 2.63. The van der Waals surface area contributed by atoms with E-state index in [1.54, 1.807) is 12.1 Å². The molecule has 1 aromatic rings. The maximum Gasteiger partial charge on any atom is 0.214 e. The number of hydrogen-bond donors (Lipinski definition) is 2. The highest BCUT2D eigenvalue weighted by atomic mass is 16.5. The molecule has 3 N–H and O–H groups in total. The van der Waals surface area contributed by atoms with Gasteiger partial charge in [-0.1, -0.05) is 5.16 Å². The third kappa shape index (κ3) is 4.58. The summed E-state index contributed by atoms with van der Waals surface area (Å²) in [5.74, 6) is 0.465. The lowest BCUT2D eigenvalue weighted by molar-refractivity contribution is 0.0542. The fourth-order valence-electron chi connectivity index (χ4n) is 1.35. The van der Waals surface area contributed by atoms with Crippen molar-refractivity contribution >= 4 is 5.84 Å². The summed E-state index contributed by atoms with van der Waals surface area (Å²) >= 11 is 0. The number of hydrogen-bond acceptors (Lipinski definition) is 5. The number of aromatic nitrogens is 1. The van der Waals surface area contributed by atoms with Gasteiger partial charge in [-0.25, -0.2) is 4.98 Å². The molecule has 0 amide bonds. The van der Waals surface area contributed by atoms with Crippen LogP contribution < -0.4 is 10.5 Å². The van der Waals surface area contributed by atoms with Gasteiger partial charge in [-0.05, 0) is 26.8 Å². The molecule has 0 aromatic carbocycles. The van der Waals surface area contributed by atoms with Crippen molar-refractivity contribution in [1.82, 2.24) is 4.98 Å². The molecule has 0 fully saturated rings. The van der Waals surface area contributed by atoms with Crippen molar-refractivity contribution in [2.45, 2.75) is 26.9 Å². The summed E-state index contributed by atoms with van der Waals surface area (Å²) < 4.78 is 10.8. The van der Waals surface area contributed by atoms with Crippen LogP contribution in [0.4, 0.5) is 0 Å². The quantitative estimate of drug-likeness (QED) is 0.262. The molecule has 6 nitrogen and oxygen atoms in total. The van der Waals surface area contributed by atoms with E-state index in [9.17, 15) is 0 Å². The first kappa shape index (κ1) is 14.2. The maximum absolute atomic E-state index is 8.63. The Morgan fingerprint density at radius 3 is 2.78 bits per heavy atom. The van der Waals surface area contributed by atoms with Gasteiger partial charge in [0.2, 0.25) is 5.88 Å². The van der Waals surface area contributed by atoms with Crippen molar-refractivity contribution in [3.63, 3.8) is 0 Å². The molecule has 18 heavy (non-hydrogen) atoms. The Labute approximate surface area is 106 Å². The summed E-state index contributed by atoms with van der Waals surface area (Å²) in [6, 6.07) is 3.34.